The Labute approximate surface area is 207 Å². The summed E-state index contributed by atoms with van der Waals surface area (Å²) in [5.41, 5.74) is 0.580. The standard InChI is InChI=1S/C24H37BN4O6/c1-24(2,29-10-12-34-13-11-29)14-19(16-26)22(30)28-9-5-8-20(17-28)35-23(31)27-21(15-25(32)33)18-6-3-4-7-18/h6,14,20-21,32-33H,3-5,7-13,15,17H2,1-2H3,(H,27,31)/t20-,21+/m0/s1. The van der Waals surface area contributed by atoms with E-state index >= 15 is 0 Å². The molecule has 3 aliphatic rings. The molecule has 2 saturated heterocycles. The molecule has 3 rings (SSSR count). The van der Waals surface area contributed by atoms with Crippen LogP contribution in [0.15, 0.2) is 23.3 Å². The number of likely N-dealkylation sites (tertiary alicyclic amines) is 1. The summed E-state index contributed by atoms with van der Waals surface area (Å²) in [5, 5.41) is 31.3. The summed E-state index contributed by atoms with van der Waals surface area (Å²) in [6.07, 6.45) is 6.52. The van der Waals surface area contributed by atoms with Gasteiger partial charge in [-0.3, -0.25) is 9.69 Å². The van der Waals surface area contributed by atoms with Gasteiger partial charge in [0, 0.05) is 31.5 Å². The van der Waals surface area contributed by atoms with Crippen molar-refractivity contribution in [3.63, 3.8) is 0 Å². The Hall–Kier alpha value is -2.39. The number of carbonyl (C=O) groups excluding carboxylic acids is 2. The third kappa shape index (κ3) is 7.80. The molecule has 3 N–H and O–H groups in total. The maximum absolute atomic E-state index is 13.2. The van der Waals surface area contributed by atoms with Crippen LogP contribution in [0.2, 0.25) is 6.32 Å². The van der Waals surface area contributed by atoms with Gasteiger partial charge in [0.25, 0.3) is 5.91 Å². The Morgan fingerprint density at radius 1 is 1.34 bits per heavy atom. The van der Waals surface area contributed by atoms with E-state index in [0.717, 1.165) is 37.9 Å². The first-order valence-electron chi connectivity index (χ1n) is 12.5. The third-order valence-electron chi connectivity index (χ3n) is 6.88. The normalized spacial score (nSPS) is 22.7. The number of nitriles is 1. The largest absolute Gasteiger partial charge is 0.453 e. The van der Waals surface area contributed by atoms with E-state index in [4.69, 9.17) is 9.47 Å². The lowest BCUT2D eigenvalue weighted by molar-refractivity contribution is -0.129. The first-order valence-corrected chi connectivity index (χ1v) is 12.5. The maximum atomic E-state index is 13.2. The lowest BCUT2D eigenvalue weighted by Crippen LogP contribution is -2.50. The molecular formula is C24H37BN4O6. The molecule has 0 aromatic heterocycles. The number of nitrogens with one attached hydrogen (secondary N) is 1. The van der Waals surface area contributed by atoms with E-state index in [9.17, 15) is 24.9 Å². The molecule has 0 radical (unpaired) electrons. The second-order valence-corrected chi connectivity index (χ2v) is 9.93. The molecule has 192 valence electrons. The van der Waals surface area contributed by atoms with Gasteiger partial charge in [-0.1, -0.05) is 11.6 Å². The summed E-state index contributed by atoms with van der Waals surface area (Å²) in [5.74, 6) is -0.361. The smallest absolute Gasteiger partial charge is 0.444 e. The van der Waals surface area contributed by atoms with Crippen LogP contribution in [0.1, 0.15) is 46.0 Å². The fourth-order valence-electron chi connectivity index (χ4n) is 4.97. The lowest BCUT2D eigenvalue weighted by atomic mass is 9.79. The molecule has 0 unspecified atom stereocenters. The molecule has 10 nitrogen and oxygen atoms in total. The second kappa shape index (κ2) is 12.5. The van der Waals surface area contributed by atoms with Crippen molar-refractivity contribution in [3.05, 3.63) is 23.3 Å². The van der Waals surface area contributed by atoms with Crippen molar-refractivity contribution in [1.29, 1.82) is 5.26 Å². The zero-order valence-electron chi connectivity index (χ0n) is 20.7. The zero-order chi connectivity index (χ0) is 25.4. The van der Waals surface area contributed by atoms with Gasteiger partial charge in [-0.05, 0) is 52.0 Å². The van der Waals surface area contributed by atoms with Gasteiger partial charge in [-0.15, -0.1) is 0 Å². The Balaban J connectivity index is 1.59. The van der Waals surface area contributed by atoms with Gasteiger partial charge in [0.1, 0.15) is 17.7 Å². The van der Waals surface area contributed by atoms with Crippen molar-refractivity contribution < 1.29 is 29.1 Å². The summed E-state index contributed by atoms with van der Waals surface area (Å²) < 4.78 is 11.0. The molecule has 0 saturated carbocycles. The van der Waals surface area contributed by atoms with E-state index in [0.29, 0.717) is 32.6 Å². The van der Waals surface area contributed by atoms with Crippen LogP contribution in [0.5, 0.6) is 0 Å². The topological polar surface area (TPSA) is 135 Å². The van der Waals surface area contributed by atoms with Crippen LogP contribution in [0.25, 0.3) is 0 Å². The molecule has 1 aliphatic carbocycles. The minimum Gasteiger partial charge on any atom is -0.444 e. The Kier molecular flexibility index (Phi) is 9.75. The SMILES string of the molecule is CC(C)(C=C(C#N)C(=O)N1CCC[C@H](OC(=O)N[C@H](CB(O)O)C2=CCCC2)C1)N1CCOCC1. The highest BCUT2D eigenvalue weighted by Gasteiger charge is 2.32. The van der Waals surface area contributed by atoms with E-state index in [-0.39, 0.29) is 24.3 Å². The molecule has 2 amide bonds. The third-order valence-corrected chi connectivity index (χ3v) is 6.88. The average Bonchev–Trinajstić information content (AvgIpc) is 3.37. The number of amides is 2. The molecular weight excluding hydrogens is 451 g/mol. The predicted molar refractivity (Wildman–Crippen MR) is 130 cm³/mol. The summed E-state index contributed by atoms with van der Waals surface area (Å²) in [6.45, 7) is 7.37. The molecule has 2 fully saturated rings. The molecule has 35 heavy (non-hydrogen) atoms. The number of hydrogen-bond acceptors (Lipinski definition) is 8. The second-order valence-electron chi connectivity index (χ2n) is 9.93. The van der Waals surface area contributed by atoms with Crippen molar-refractivity contribution in [2.24, 2.45) is 0 Å². The van der Waals surface area contributed by atoms with E-state index in [1.807, 2.05) is 19.9 Å². The highest BCUT2D eigenvalue weighted by molar-refractivity contribution is 6.41. The molecule has 11 heteroatoms. The minimum atomic E-state index is -1.54. The number of rotatable bonds is 8. The number of hydrogen-bond donors (Lipinski definition) is 3. The summed E-state index contributed by atoms with van der Waals surface area (Å²) >= 11 is 0. The Morgan fingerprint density at radius 3 is 2.71 bits per heavy atom. The maximum Gasteiger partial charge on any atom is 0.453 e. The van der Waals surface area contributed by atoms with Gasteiger partial charge >= 0.3 is 13.2 Å². The van der Waals surface area contributed by atoms with Crippen LogP contribution in [-0.4, -0.2) is 96.0 Å². The quantitative estimate of drug-likeness (QED) is 0.201. The number of carbonyl (C=O) groups is 2. The molecule has 0 aromatic carbocycles. The monoisotopic (exact) mass is 488 g/mol. The fourth-order valence-corrected chi connectivity index (χ4v) is 4.97. The number of nitrogens with zero attached hydrogens (tertiary/aromatic N) is 3. The van der Waals surface area contributed by atoms with Gasteiger partial charge in [0.15, 0.2) is 0 Å². The van der Waals surface area contributed by atoms with Gasteiger partial charge in [0.05, 0.1) is 25.8 Å². The number of alkyl carbamates (subject to hydrolysis) is 1. The number of allylic oxidation sites excluding steroid dienone is 1. The first kappa shape index (κ1) is 27.2. The van der Waals surface area contributed by atoms with Crippen molar-refractivity contribution >= 4 is 19.1 Å². The van der Waals surface area contributed by atoms with Crippen LogP contribution in [0.3, 0.4) is 0 Å². The molecule has 2 heterocycles. The molecule has 0 spiro atoms. The van der Waals surface area contributed by atoms with Gasteiger partial charge in [-0.2, -0.15) is 5.26 Å². The molecule has 2 aliphatic heterocycles. The predicted octanol–water partition coefficient (Wildman–Crippen LogP) is 1.22. The van der Waals surface area contributed by atoms with E-state index in [2.05, 4.69) is 16.3 Å². The zero-order valence-corrected chi connectivity index (χ0v) is 20.7. The fraction of sp³-hybridized carbons (Fsp3) is 0.708. The summed E-state index contributed by atoms with van der Waals surface area (Å²) in [6, 6.07) is 1.57. The summed E-state index contributed by atoms with van der Waals surface area (Å²) in [7, 11) is -1.54. The molecule has 2 atom stereocenters. The van der Waals surface area contributed by atoms with Crippen molar-refractivity contribution in [1.82, 2.24) is 15.1 Å². The Bertz CT molecular complexity index is 863. The number of morpholine rings is 1. The van der Waals surface area contributed by atoms with E-state index in [1.54, 1.807) is 11.0 Å². The van der Waals surface area contributed by atoms with Gasteiger partial charge in [0.2, 0.25) is 0 Å². The van der Waals surface area contributed by atoms with Gasteiger partial charge in [-0.25, -0.2) is 4.79 Å². The van der Waals surface area contributed by atoms with Gasteiger partial charge < -0.3 is 29.7 Å². The minimum absolute atomic E-state index is 0.00847. The van der Waals surface area contributed by atoms with E-state index < -0.39 is 30.9 Å². The van der Waals surface area contributed by atoms with Crippen molar-refractivity contribution in [2.75, 3.05) is 39.4 Å². The van der Waals surface area contributed by atoms with Crippen LogP contribution < -0.4 is 5.32 Å². The number of piperidine rings is 1. The van der Waals surface area contributed by atoms with Crippen molar-refractivity contribution in [3.8, 4) is 6.07 Å². The number of ether oxygens (including phenoxy) is 2. The molecule has 0 aromatic rings. The van der Waals surface area contributed by atoms with Crippen LogP contribution in [0.4, 0.5) is 4.79 Å². The summed E-state index contributed by atoms with van der Waals surface area (Å²) in [4.78, 5) is 29.5. The van der Waals surface area contributed by atoms with Crippen LogP contribution >= 0.6 is 0 Å². The average molecular weight is 488 g/mol. The van der Waals surface area contributed by atoms with Crippen molar-refractivity contribution in [2.45, 2.75) is 70.0 Å². The first-order chi connectivity index (χ1) is 16.7. The highest BCUT2D eigenvalue weighted by Crippen LogP contribution is 2.24. The van der Waals surface area contributed by atoms with Crippen LogP contribution in [-0.2, 0) is 14.3 Å². The van der Waals surface area contributed by atoms with Crippen LogP contribution in [0, 0.1) is 11.3 Å². The lowest BCUT2D eigenvalue weighted by Gasteiger charge is -2.39. The highest BCUT2D eigenvalue weighted by atomic mass is 16.6. The van der Waals surface area contributed by atoms with E-state index in [1.165, 1.54) is 0 Å². The Morgan fingerprint density at radius 2 is 2.09 bits per heavy atom. The molecule has 0 bridgehead atoms.